The Balaban J connectivity index is 1.59. The number of piperidine rings is 1. The number of hydrogen-bond donors (Lipinski definition) is 1. The van der Waals surface area contributed by atoms with Gasteiger partial charge < -0.3 is 14.7 Å². The lowest BCUT2D eigenvalue weighted by molar-refractivity contribution is -0.0119. The van der Waals surface area contributed by atoms with Crippen molar-refractivity contribution < 1.29 is 9.84 Å². The molecule has 1 atom stereocenters. The lowest BCUT2D eigenvalue weighted by Gasteiger charge is -2.33. The van der Waals surface area contributed by atoms with Crippen LogP contribution in [0.15, 0.2) is 0 Å². The molecular formula is C14H27NO2. The van der Waals surface area contributed by atoms with Crippen LogP contribution in [0.25, 0.3) is 0 Å². The number of rotatable bonds is 4. The van der Waals surface area contributed by atoms with Crippen LogP contribution in [0.2, 0.25) is 0 Å². The van der Waals surface area contributed by atoms with Gasteiger partial charge in [-0.05, 0) is 58.5 Å². The molecule has 0 spiro atoms. The van der Waals surface area contributed by atoms with E-state index in [0.29, 0.717) is 6.10 Å². The van der Waals surface area contributed by atoms with Crippen molar-refractivity contribution in [2.75, 3.05) is 20.2 Å². The van der Waals surface area contributed by atoms with Crippen LogP contribution < -0.4 is 0 Å². The monoisotopic (exact) mass is 241 g/mol. The number of aliphatic hydroxyl groups is 1. The average Bonchev–Trinajstić information content (AvgIpc) is 2.34. The summed E-state index contributed by atoms with van der Waals surface area (Å²) in [7, 11) is 2.24. The maximum atomic E-state index is 9.43. The molecule has 1 unspecified atom stereocenters. The predicted molar refractivity (Wildman–Crippen MR) is 69.1 cm³/mol. The molecule has 1 heterocycles. The van der Waals surface area contributed by atoms with Gasteiger partial charge in [0.2, 0.25) is 0 Å². The van der Waals surface area contributed by atoms with Crippen LogP contribution in [-0.2, 0) is 4.74 Å². The third kappa shape index (κ3) is 4.23. The first-order chi connectivity index (χ1) is 8.25. The highest BCUT2D eigenvalue weighted by Gasteiger charge is 2.21. The van der Waals surface area contributed by atoms with Crippen molar-refractivity contribution >= 4 is 0 Å². The van der Waals surface area contributed by atoms with Crippen LogP contribution in [-0.4, -0.2) is 48.5 Å². The minimum atomic E-state index is -0.0701. The molecule has 17 heavy (non-hydrogen) atoms. The molecule has 0 aromatic rings. The van der Waals surface area contributed by atoms with Crippen LogP contribution >= 0.6 is 0 Å². The van der Waals surface area contributed by atoms with E-state index in [2.05, 4.69) is 11.9 Å². The molecule has 0 aromatic carbocycles. The summed E-state index contributed by atoms with van der Waals surface area (Å²) in [6, 6.07) is 0.734. The lowest BCUT2D eigenvalue weighted by Crippen LogP contribution is -2.37. The molecule has 3 heteroatoms. The molecule has 2 rings (SSSR count). The molecule has 1 saturated heterocycles. The highest BCUT2D eigenvalue weighted by Crippen LogP contribution is 2.22. The maximum absolute atomic E-state index is 9.43. The molecule has 2 fully saturated rings. The highest BCUT2D eigenvalue weighted by atomic mass is 16.5. The van der Waals surface area contributed by atoms with E-state index < -0.39 is 0 Å². The zero-order chi connectivity index (χ0) is 12.1. The van der Waals surface area contributed by atoms with Crippen LogP contribution in [0.4, 0.5) is 0 Å². The Morgan fingerprint density at radius 3 is 2.59 bits per heavy atom. The van der Waals surface area contributed by atoms with Gasteiger partial charge in [0, 0.05) is 12.6 Å². The first-order valence-corrected chi connectivity index (χ1v) is 7.25. The summed E-state index contributed by atoms with van der Waals surface area (Å²) in [6.07, 6.45) is 9.52. The van der Waals surface area contributed by atoms with Crippen molar-refractivity contribution in [1.29, 1.82) is 0 Å². The highest BCUT2D eigenvalue weighted by molar-refractivity contribution is 4.75. The number of nitrogens with zero attached hydrogens (tertiary/aromatic N) is 1. The maximum Gasteiger partial charge on any atom is 0.0577 e. The Hall–Kier alpha value is -0.120. The molecule has 0 radical (unpaired) electrons. The van der Waals surface area contributed by atoms with Gasteiger partial charge >= 0.3 is 0 Å². The Labute approximate surface area is 105 Å². The Morgan fingerprint density at radius 1 is 1.12 bits per heavy atom. The molecule has 1 saturated carbocycles. The van der Waals surface area contributed by atoms with Crippen molar-refractivity contribution in [2.24, 2.45) is 0 Å². The topological polar surface area (TPSA) is 32.7 Å². The van der Waals surface area contributed by atoms with Gasteiger partial charge in [0.15, 0.2) is 0 Å². The summed E-state index contributed by atoms with van der Waals surface area (Å²) in [6.45, 7) is 2.15. The van der Waals surface area contributed by atoms with Gasteiger partial charge in [-0.25, -0.2) is 0 Å². The third-order valence-electron chi connectivity index (χ3n) is 4.37. The Bertz CT molecular complexity index is 214. The molecule has 0 bridgehead atoms. The van der Waals surface area contributed by atoms with E-state index in [1.165, 1.54) is 32.2 Å². The van der Waals surface area contributed by atoms with E-state index in [4.69, 9.17) is 4.74 Å². The number of likely N-dealkylation sites (tertiary alicyclic amines) is 1. The molecule has 1 N–H and O–H groups in total. The van der Waals surface area contributed by atoms with Gasteiger partial charge in [-0.3, -0.25) is 0 Å². The normalized spacial score (nSPS) is 36.0. The largest absolute Gasteiger partial charge is 0.393 e. The van der Waals surface area contributed by atoms with Crippen LogP contribution in [0.3, 0.4) is 0 Å². The van der Waals surface area contributed by atoms with E-state index in [1.807, 2.05) is 0 Å². The smallest absolute Gasteiger partial charge is 0.0577 e. The summed E-state index contributed by atoms with van der Waals surface area (Å²) < 4.78 is 5.94. The molecule has 1 aliphatic heterocycles. The SMILES string of the molecule is CN1CCCCC1CCOC1CCC(O)CC1. The summed E-state index contributed by atoms with van der Waals surface area (Å²) in [5, 5.41) is 9.43. The first-order valence-electron chi connectivity index (χ1n) is 7.25. The second-order valence-corrected chi connectivity index (χ2v) is 5.72. The van der Waals surface area contributed by atoms with Crippen molar-refractivity contribution in [1.82, 2.24) is 4.90 Å². The molecule has 0 aromatic heterocycles. The molecule has 0 amide bonds. The molecular weight excluding hydrogens is 214 g/mol. The minimum Gasteiger partial charge on any atom is -0.393 e. The van der Waals surface area contributed by atoms with E-state index in [0.717, 1.165) is 38.3 Å². The van der Waals surface area contributed by atoms with E-state index in [9.17, 15) is 5.11 Å². The molecule has 1 aliphatic carbocycles. The van der Waals surface area contributed by atoms with Crippen LogP contribution in [0.5, 0.6) is 0 Å². The van der Waals surface area contributed by atoms with Crippen molar-refractivity contribution in [3.8, 4) is 0 Å². The average molecular weight is 241 g/mol. The van der Waals surface area contributed by atoms with E-state index in [-0.39, 0.29) is 6.10 Å². The van der Waals surface area contributed by atoms with E-state index in [1.54, 1.807) is 0 Å². The molecule has 3 nitrogen and oxygen atoms in total. The zero-order valence-corrected chi connectivity index (χ0v) is 11.1. The summed E-state index contributed by atoms with van der Waals surface area (Å²) in [5.41, 5.74) is 0. The zero-order valence-electron chi connectivity index (χ0n) is 11.1. The quantitative estimate of drug-likeness (QED) is 0.819. The molecule has 2 aliphatic rings. The summed E-state index contributed by atoms with van der Waals surface area (Å²) in [4.78, 5) is 2.48. The number of aliphatic hydroxyl groups excluding tert-OH is 1. The number of ether oxygens (including phenoxy) is 1. The van der Waals surface area contributed by atoms with Gasteiger partial charge in [0.1, 0.15) is 0 Å². The second-order valence-electron chi connectivity index (χ2n) is 5.72. The van der Waals surface area contributed by atoms with E-state index >= 15 is 0 Å². The fourth-order valence-electron chi connectivity index (χ4n) is 3.09. The summed E-state index contributed by atoms with van der Waals surface area (Å²) in [5.74, 6) is 0. The lowest BCUT2D eigenvalue weighted by atomic mass is 9.95. The van der Waals surface area contributed by atoms with Crippen molar-refractivity contribution in [2.45, 2.75) is 69.6 Å². The fourth-order valence-corrected chi connectivity index (χ4v) is 3.09. The van der Waals surface area contributed by atoms with Crippen LogP contribution in [0, 0.1) is 0 Å². The van der Waals surface area contributed by atoms with Gasteiger partial charge in [0.25, 0.3) is 0 Å². The standard InChI is InChI=1S/C14H27NO2/c1-15-10-3-2-4-12(15)9-11-17-14-7-5-13(16)6-8-14/h12-14,16H,2-11H2,1H3. The van der Waals surface area contributed by atoms with Crippen LogP contribution in [0.1, 0.15) is 51.4 Å². The third-order valence-corrected chi connectivity index (χ3v) is 4.37. The van der Waals surface area contributed by atoms with Crippen molar-refractivity contribution in [3.63, 3.8) is 0 Å². The Kier molecular flexibility index (Phi) is 5.26. The minimum absolute atomic E-state index is 0.0701. The molecule has 100 valence electrons. The summed E-state index contributed by atoms with van der Waals surface area (Å²) >= 11 is 0. The predicted octanol–water partition coefficient (Wildman–Crippen LogP) is 2.18. The number of hydrogen-bond acceptors (Lipinski definition) is 3. The van der Waals surface area contributed by atoms with Gasteiger partial charge in [0.05, 0.1) is 12.2 Å². The Morgan fingerprint density at radius 2 is 1.88 bits per heavy atom. The van der Waals surface area contributed by atoms with Gasteiger partial charge in [-0.1, -0.05) is 6.42 Å². The first kappa shape index (κ1) is 13.3. The van der Waals surface area contributed by atoms with Gasteiger partial charge in [-0.2, -0.15) is 0 Å². The second kappa shape index (κ2) is 6.72. The van der Waals surface area contributed by atoms with Gasteiger partial charge in [-0.15, -0.1) is 0 Å². The fraction of sp³-hybridized carbons (Fsp3) is 1.00. The van der Waals surface area contributed by atoms with Crippen molar-refractivity contribution in [3.05, 3.63) is 0 Å².